The fourth-order valence-corrected chi connectivity index (χ4v) is 1.40. The lowest BCUT2D eigenvalue weighted by Crippen LogP contribution is -1.98. The van der Waals surface area contributed by atoms with Crippen LogP contribution in [0.25, 0.3) is 0 Å². The molecule has 0 saturated heterocycles. The predicted octanol–water partition coefficient (Wildman–Crippen LogP) is 3.09. The zero-order chi connectivity index (χ0) is 9.14. The third-order valence-electron chi connectivity index (χ3n) is 1.43. The van der Waals surface area contributed by atoms with E-state index in [-0.39, 0.29) is 5.78 Å². The molecule has 0 aliphatic carbocycles. The van der Waals surface area contributed by atoms with E-state index in [1.54, 1.807) is 13.0 Å². The molecule has 1 aromatic rings. The van der Waals surface area contributed by atoms with Crippen LogP contribution in [0.2, 0.25) is 5.02 Å². The maximum absolute atomic E-state index is 11.3. The molecule has 0 amide bonds. The van der Waals surface area contributed by atoms with Crippen LogP contribution in [-0.2, 0) is 0 Å². The minimum absolute atomic E-state index is 0.0388. The van der Waals surface area contributed by atoms with Crippen molar-refractivity contribution in [1.29, 1.82) is 0 Å². The standard InChI is InChI=1S/C8H7BrClNO/c1-2-7(12)6-3-5(10)4-11-8(6)9/h3-4H,2H2,1H3. The summed E-state index contributed by atoms with van der Waals surface area (Å²) in [5.41, 5.74) is 0.546. The predicted molar refractivity (Wildman–Crippen MR) is 51.6 cm³/mol. The Morgan fingerprint density at radius 3 is 3.00 bits per heavy atom. The van der Waals surface area contributed by atoms with Gasteiger partial charge in [0.05, 0.1) is 10.6 Å². The van der Waals surface area contributed by atoms with Gasteiger partial charge in [-0.3, -0.25) is 4.79 Å². The first-order valence-electron chi connectivity index (χ1n) is 3.49. The molecule has 0 unspecified atom stereocenters. The maximum atomic E-state index is 11.3. The second kappa shape index (κ2) is 4.01. The van der Waals surface area contributed by atoms with Crippen molar-refractivity contribution >= 4 is 33.3 Å². The van der Waals surface area contributed by atoms with Gasteiger partial charge in [0.15, 0.2) is 5.78 Å². The second-order valence-electron chi connectivity index (χ2n) is 2.27. The Morgan fingerprint density at radius 1 is 1.75 bits per heavy atom. The van der Waals surface area contributed by atoms with E-state index in [1.165, 1.54) is 6.20 Å². The van der Waals surface area contributed by atoms with E-state index in [0.717, 1.165) is 0 Å². The molecule has 1 rings (SSSR count). The van der Waals surface area contributed by atoms with Gasteiger partial charge in [0.25, 0.3) is 0 Å². The lowest BCUT2D eigenvalue weighted by Gasteiger charge is -2.00. The van der Waals surface area contributed by atoms with Crippen molar-refractivity contribution in [3.8, 4) is 0 Å². The van der Waals surface area contributed by atoms with E-state index in [1.807, 2.05) is 0 Å². The highest BCUT2D eigenvalue weighted by Gasteiger charge is 2.08. The molecular formula is C8H7BrClNO. The fourth-order valence-electron chi connectivity index (χ4n) is 0.809. The van der Waals surface area contributed by atoms with Gasteiger partial charge < -0.3 is 0 Å². The van der Waals surface area contributed by atoms with E-state index in [4.69, 9.17) is 11.6 Å². The molecule has 0 aromatic carbocycles. The van der Waals surface area contributed by atoms with Crippen LogP contribution >= 0.6 is 27.5 Å². The lowest BCUT2D eigenvalue weighted by molar-refractivity contribution is 0.0987. The summed E-state index contributed by atoms with van der Waals surface area (Å²) in [6, 6.07) is 1.62. The van der Waals surface area contributed by atoms with Crippen molar-refractivity contribution in [3.05, 3.63) is 27.5 Å². The molecule has 1 aromatic heterocycles. The van der Waals surface area contributed by atoms with Gasteiger partial charge >= 0.3 is 0 Å². The van der Waals surface area contributed by atoms with Crippen molar-refractivity contribution in [2.75, 3.05) is 0 Å². The average molecular weight is 249 g/mol. The van der Waals surface area contributed by atoms with Crippen molar-refractivity contribution in [2.45, 2.75) is 13.3 Å². The number of halogens is 2. The molecule has 12 heavy (non-hydrogen) atoms. The smallest absolute Gasteiger partial charge is 0.165 e. The van der Waals surface area contributed by atoms with Gasteiger partial charge in [-0.2, -0.15) is 0 Å². The number of rotatable bonds is 2. The van der Waals surface area contributed by atoms with Crippen LogP contribution in [0.15, 0.2) is 16.9 Å². The molecule has 0 fully saturated rings. The van der Waals surface area contributed by atoms with E-state index >= 15 is 0 Å². The quantitative estimate of drug-likeness (QED) is 0.595. The number of hydrogen-bond donors (Lipinski definition) is 0. The summed E-state index contributed by atoms with van der Waals surface area (Å²) in [6.45, 7) is 1.80. The molecule has 0 atom stereocenters. The van der Waals surface area contributed by atoms with Gasteiger partial charge in [-0.1, -0.05) is 18.5 Å². The lowest BCUT2D eigenvalue weighted by atomic mass is 10.1. The highest BCUT2D eigenvalue weighted by molar-refractivity contribution is 9.10. The van der Waals surface area contributed by atoms with E-state index < -0.39 is 0 Å². The van der Waals surface area contributed by atoms with Crippen molar-refractivity contribution in [3.63, 3.8) is 0 Å². The van der Waals surface area contributed by atoms with E-state index in [0.29, 0.717) is 21.6 Å². The third-order valence-corrected chi connectivity index (χ3v) is 2.27. The van der Waals surface area contributed by atoms with Gasteiger partial charge in [-0.15, -0.1) is 0 Å². The van der Waals surface area contributed by atoms with E-state index in [9.17, 15) is 4.79 Å². The summed E-state index contributed by atoms with van der Waals surface area (Å²) in [5, 5.41) is 0.481. The van der Waals surface area contributed by atoms with Crippen molar-refractivity contribution in [2.24, 2.45) is 0 Å². The van der Waals surface area contributed by atoms with Crippen molar-refractivity contribution in [1.82, 2.24) is 4.98 Å². The number of hydrogen-bond acceptors (Lipinski definition) is 2. The third kappa shape index (κ3) is 2.05. The summed E-state index contributed by atoms with van der Waals surface area (Å²) >= 11 is 8.86. The molecule has 2 nitrogen and oxygen atoms in total. The summed E-state index contributed by atoms with van der Waals surface area (Å²) < 4.78 is 0.554. The summed E-state index contributed by atoms with van der Waals surface area (Å²) in [4.78, 5) is 15.2. The minimum atomic E-state index is 0.0388. The zero-order valence-electron chi connectivity index (χ0n) is 6.47. The van der Waals surface area contributed by atoms with Gasteiger partial charge in [0, 0.05) is 12.6 Å². The average Bonchev–Trinajstić information content (AvgIpc) is 2.08. The van der Waals surface area contributed by atoms with Gasteiger partial charge in [-0.05, 0) is 22.0 Å². The fraction of sp³-hybridized carbons (Fsp3) is 0.250. The summed E-state index contributed by atoms with van der Waals surface area (Å²) in [6.07, 6.45) is 1.96. The Balaban J connectivity index is 3.13. The molecule has 0 bridgehead atoms. The SMILES string of the molecule is CCC(=O)c1cc(Cl)cnc1Br. The van der Waals surface area contributed by atoms with Crippen LogP contribution in [0, 0.1) is 0 Å². The summed E-state index contributed by atoms with van der Waals surface area (Å²) in [5.74, 6) is 0.0388. The Hall–Kier alpha value is -0.410. The first-order valence-corrected chi connectivity index (χ1v) is 4.66. The number of aromatic nitrogens is 1. The molecule has 64 valence electrons. The number of pyridine rings is 1. The minimum Gasteiger partial charge on any atom is -0.294 e. The Morgan fingerprint density at radius 2 is 2.42 bits per heavy atom. The van der Waals surface area contributed by atoms with Crippen LogP contribution < -0.4 is 0 Å². The first kappa shape index (κ1) is 9.68. The molecule has 0 N–H and O–H groups in total. The normalized spacial score (nSPS) is 9.92. The molecule has 4 heteroatoms. The highest BCUT2D eigenvalue weighted by atomic mass is 79.9. The molecule has 0 aliphatic rings. The topological polar surface area (TPSA) is 30.0 Å². The Bertz CT molecular complexity index is 314. The number of ketones is 1. The van der Waals surface area contributed by atoms with Gasteiger partial charge in [0.1, 0.15) is 4.60 Å². The first-order chi connectivity index (χ1) is 5.65. The number of carbonyl (C=O) groups excluding carboxylic acids is 1. The Kier molecular flexibility index (Phi) is 3.23. The Labute approximate surface area is 84.1 Å². The van der Waals surface area contributed by atoms with Crippen LogP contribution in [-0.4, -0.2) is 10.8 Å². The second-order valence-corrected chi connectivity index (χ2v) is 3.46. The summed E-state index contributed by atoms with van der Waals surface area (Å²) in [7, 11) is 0. The van der Waals surface area contributed by atoms with Crippen molar-refractivity contribution < 1.29 is 4.79 Å². The van der Waals surface area contributed by atoms with Gasteiger partial charge in [-0.25, -0.2) is 4.98 Å². The number of Topliss-reactive ketones (excluding diaryl/α,β-unsaturated/α-hetero) is 1. The van der Waals surface area contributed by atoms with Crippen LogP contribution in [0.1, 0.15) is 23.7 Å². The van der Waals surface area contributed by atoms with E-state index in [2.05, 4.69) is 20.9 Å². The maximum Gasteiger partial charge on any atom is 0.165 e. The molecule has 0 aliphatic heterocycles. The molecular weight excluding hydrogens is 241 g/mol. The molecule has 1 heterocycles. The van der Waals surface area contributed by atoms with Crippen LogP contribution in [0.5, 0.6) is 0 Å². The highest BCUT2D eigenvalue weighted by Crippen LogP contribution is 2.19. The molecule has 0 spiro atoms. The molecule has 0 saturated carbocycles. The largest absolute Gasteiger partial charge is 0.294 e. The number of nitrogens with zero attached hydrogens (tertiary/aromatic N) is 1. The van der Waals surface area contributed by atoms with Crippen LogP contribution in [0.4, 0.5) is 0 Å². The van der Waals surface area contributed by atoms with Gasteiger partial charge in [0.2, 0.25) is 0 Å². The molecule has 0 radical (unpaired) electrons. The monoisotopic (exact) mass is 247 g/mol. The number of carbonyl (C=O) groups is 1. The van der Waals surface area contributed by atoms with Crippen LogP contribution in [0.3, 0.4) is 0 Å². The zero-order valence-corrected chi connectivity index (χ0v) is 8.82.